The van der Waals surface area contributed by atoms with Gasteiger partial charge in [0.2, 0.25) is 0 Å². The summed E-state index contributed by atoms with van der Waals surface area (Å²) in [5.74, 6) is 0.677. The van der Waals surface area contributed by atoms with Crippen molar-refractivity contribution < 1.29 is 0 Å². The van der Waals surface area contributed by atoms with E-state index >= 15 is 0 Å². The minimum absolute atomic E-state index is 0.541. The van der Waals surface area contributed by atoms with Crippen molar-refractivity contribution in [3.63, 3.8) is 0 Å². The van der Waals surface area contributed by atoms with Gasteiger partial charge in [0.1, 0.15) is 0 Å². The van der Waals surface area contributed by atoms with E-state index < -0.39 is 10.8 Å². The van der Waals surface area contributed by atoms with Gasteiger partial charge < -0.3 is 4.90 Å². The lowest BCUT2D eigenvalue weighted by atomic mass is 9.50. The molecular weight excluding hydrogens is 907 g/mol. The molecule has 0 saturated carbocycles. The van der Waals surface area contributed by atoms with Gasteiger partial charge in [0, 0.05) is 22.4 Å². The van der Waals surface area contributed by atoms with Crippen molar-refractivity contribution in [3.05, 3.63) is 330 Å². The summed E-state index contributed by atoms with van der Waals surface area (Å²) in [7, 11) is 0. The highest BCUT2D eigenvalue weighted by Crippen LogP contribution is 2.67. The fraction of sp³-hybridized carbons (Fsp3) is 0.0278. The second-order valence-electron chi connectivity index (χ2n) is 20.0. The van der Waals surface area contributed by atoms with E-state index in [0.29, 0.717) is 5.82 Å². The van der Waals surface area contributed by atoms with Crippen LogP contribution in [-0.4, -0.2) is 9.97 Å². The molecule has 0 atom stereocenters. The molecule has 0 saturated heterocycles. The van der Waals surface area contributed by atoms with Crippen LogP contribution in [0.1, 0.15) is 44.5 Å². The van der Waals surface area contributed by atoms with Crippen LogP contribution < -0.4 is 4.90 Å². The molecule has 0 bridgehead atoms. The van der Waals surface area contributed by atoms with Gasteiger partial charge in [-0.05, 0) is 120 Å². The van der Waals surface area contributed by atoms with Gasteiger partial charge in [-0.15, -0.1) is 0 Å². The second kappa shape index (κ2) is 16.9. The number of nitrogens with zero attached hydrogens (tertiary/aromatic N) is 3. The van der Waals surface area contributed by atoms with Crippen molar-refractivity contribution in [2.45, 2.75) is 10.8 Å². The zero-order valence-corrected chi connectivity index (χ0v) is 41.0. The normalized spacial score (nSPS) is 13.8. The highest BCUT2D eigenvalue weighted by molar-refractivity contribution is 5.95. The van der Waals surface area contributed by atoms with Gasteiger partial charge in [-0.2, -0.15) is 0 Å². The number of rotatable bonds is 6. The summed E-state index contributed by atoms with van der Waals surface area (Å²) >= 11 is 0. The Bertz CT molecular complexity index is 4090. The third-order valence-corrected chi connectivity index (χ3v) is 16.2. The highest BCUT2D eigenvalue weighted by atomic mass is 15.2. The van der Waals surface area contributed by atoms with E-state index in [1.165, 1.54) is 72.4 Å². The van der Waals surface area contributed by atoms with E-state index in [0.717, 1.165) is 50.6 Å². The first-order chi connectivity index (χ1) is 37.2. The Hall–Kier alpha value is -9.70. The first-order valence-electron chi connectivity index (χ1n) is 25.9. The minimum atomic E-state index is -0.714. The number of anilines is 3. The van der Waals surface area contributed by atoms with Crippen molar-refractivity contribution >= 4 is 17.1 Å². The van der Waals surface area contributed by atoms with Crippen molar-refractivity contribution in [1.29, 1.82) is 0 Å². The van der Waals surface area contributed by atoms with Crippen LogP contribution in [0, 0.1) is 0 Å². The van der Waals surface area contributed by atoms with Crippen LogP contribution in [-0.2, 0) is 10.8 Å². The number of para-hydroxylation sites is 2. The van der Waals surface area contributed by atoms with E-state index in [4.69, 9.17) is 9.97 Å². The number of benzene rings is 11. The summed E-state index contributed by atoms with van der Waals surface area (Å²) in [6.07, 6.45) is 0. The number of fused-ring (bicyclic) bond motifs is 15. The summed E-state index contributed by atoms with van der Waals surface area (Å²) in [5, 5.41) is 0. The number of hydrogen-bond acceptors (Lipinski definition) is 3. The SMILES string of the molecule is c1ccc(-c2ccc(-c3cc(-c4ccccc4)nc(-c4cccc(-c5ccc6c(c5)C5(c7ccccc7N6c6ccccc6)c6ccccc6C6(c7ccccc7-c7ccccc76)c6ccccc65)c4)n3)cc2)cc1. The van der Waals surface area contributed by atoms with Gasteiger partial charge in [-0.3, -0.25) is 0 Å². The van der Waals surface area contributed by atoms with Crippen molar-refractivity contribution in [2.75, 3.05) is 4.90 Å². The fourth-order valence-corrected chi connectivity index (χ4v) is 13.1. The maximum absolute atomic E-state index is 5.34. The van der Waals surface area contributed by atoms with Gasteiger partial charge in [0.25, 0.3) is 0 Å². The zero-order valence-electron chi connectivity index (χ0n) is 41.0. The standard InChI is InChI=1S/C72H47N3/c1-4-21-48(22-5-1)49-39-41-51(42-40-49)67-47-66(50-23-6-2-7-24-50)73-70(74-67)54-26-20-25-52(45-54)53-43-44-69-65(46-53)72(64-37-18-19-38-68(64)75(69)55-27-8-3-9-28-55)62-35-16-14-33-60(62)71(61-34-15-17-36-63(61)72)58-31-12-10-29-56(58)57-30-11-13-32-59(57)71/h1-47H. The summed E-state index contributed by atoms with van der Waals surface area (Å²) in [6.45, 7) is 0. The molecule has 3 aliphatic rings. The lowest BCUT2D eigenvalue weighted by molar-refractivity contribution is 0.619. The molecule has 3 nitrogen and oxygen atoms in total. The van der Waals surface area contributed by atoms with Crippen LogP contribution in [0.4, 0.5) is 17.1 Å². The van der Waals surface area contributed by atoms with Gasteiger partial charge in [-0.1, -0.05) is 243 Å². The molecule has 15 rings (SSSR count). The third kappa shape index (κ3) is 6.35. The predicted octanol–water partition coefficient (Wildman–Crippen LogP) is 17.7. The average Bonchev–Trinajstić information content (AvgIpc) is 3.79. The molecule has 12 aromatic rings. The third-order valence-electron chi connectivity index (χ3n) is 16.2. The molecule has 1 aliphatic heterocycles. The molecule has 2 spiro atoms. The van der Waals surface area contributed by atoms with Crippen molar-refractivity contribution in [2.24, 2.45) is 0 Å². The van der Waals surface area contributed by atoms with Gasteiger partial charge in [-0.25, -0.2) is 9.97 Å². The molecular formula is C72H47N3. The lowest BCUT2D eigenvalue weighted by Gasteiger charge is -2.53. The molecule has 75 heavy (non-hydrogen) atoms. The molecule has 0 unspecified atom stereocenters. The quantitative estimate of drug-likeness (QED) is 0.166. The second-order valence-corrected chi connectivity index (χ2v) is 20.0. The number of aromatic nitrogens is 2. The maximum atomic E-state index is 5.34. The lowest BCUT2D eigenvalue weighted by Crippen LogP contribution is -2.47. The summed E-state index contributed by atoms with van der Waals surface area (Å²) in [5.41, 5.74) is 24.4. The molecule has 2 aliphatic carbocycles. The summed E-state index contributed by atoms with van der Waals surface area (Å²) in [6, 6.07) is 105. The Kier molecular flexibility index (Phi) is 9.70. The minimum Gasteiger partial charge on any atom is -0.310 e. The monoisotopic (exact) mass is 953 g/mol. The van der Waals surface area contributed by atoms with Crippen LogP contribution >= 0.6 is 0 Å². The molecule has 0 radical (unpaired) electrons. The zero-order chi connectivity index (χ0) is 49.5. The molecule has 3 heteroatoms. The van der Waals surface area contributed by atoms with E-state index in [1.54, 1.807) is 0 Å². The van der Waals surface area contributed by atoms with Crippen molar-refractivity contribution in [1.82, 2.24) is 9.97 Å². The first-order valence-corrected chi connectivity index (χ1v) is 25.9. The van der Waals surface area contributed by atoms with E-state index in [1.807, 2.05) is 6.07 Å². The maximum Gasteiger partial charge on any atom is 0.160 e. The molecule has 0 N–H and O–H groups in total. The molecule has 350 valence electrons. The van der Waals surface area contributed by atoms with E-state index in [2.05, 4.69) is 284 Å². The average molecular weight is 954 g/mol. The Morgan fingerprint density at radius 2 is 0.627 bits per heavy atom. The summed E-state index contributed by atoms with van der Waals surface area (Å²) in [4.78, 5) is 13.1. The van der Waals surface area contributed by atoms with Crippen LogP contribution in [0.5, 0.6) is 0 Å². The summed E-state index contributed by atoms with van der Waals surface area (Å²) < 4.78 is 0. The van der Waals surface area contributed by atoms with Crippen LogP contribution in [0.25, 0.3) is 67.3 Å². The Morgan fingerprint density at radius 1 is 0.240 bits per heavy atom. The molecule has 11 aromatic carbocycles. The van der Waals surface area contributed by atoms with Gasteiger partial charge in [0.05, 0.1) is 33.6 Å². The molecule has 2 heterocycles. The number of hydrogen-bond donors (Lipinski definition) is 0. The van der Waals surface area contributed by atoms with Gasteiger partial charge >= 0.3 is 0 Å². The first kappa shape index (κ1) is 42.9. The van der Waals surface area contributed by atoms with Crippen LogP contribution in [0.3, 0.4) is 0 Å². The Labute approximate surface area is 437 Å². The smallest absolute Gasteiger partial charge is 0.160 e. The fourth-order valence-electron chi connectivity index (χ4n) is 13.1. The van der Waals surface area contributed by atoms with Crippen LogP contribution in [0.15, 0.2) is 285 Å². The largest absolute Gasteiger partial charge is 0.310 e. The Morgan fingerprint density at radius 3 is 1.23 bits per heavy atom. The van der Waals surface area contributed by atoms with E-state index in [-0.39, 0.29) is 0 Å². The highest BCUT2D eigenvalue weighted by Gasteiger charge is 2.58. The topological polar surface area (TPSA) is 29.0 Å². The van der Waals surface area contributed by atoms with Crippen LogP contribution in [0.2, 0.25) is 0 Å². The van der Waals surface area contributed by atoms with Crippen molar-refractivity contribution in [3.8, 4) is 67.3 Å². The molecule has 0 fully saturated rings. The Balaban J connectivity index is 0.956. The predicted molar refractivity (Wildman–Crippen MR) is 307 cm³/mol. The van der Waals surface area contributed by atoms with E-state index in [9.17, 15) is 0 Å². The molecule has 1 aromatic heterocycles. The van der Waals surface area contributed by atoms with Gasteiger partial charge in [0.15, 0.2) is 5.82 Å². The molecule has 0 amide bonds.